The van der Waals surface area contributed by atoms with Gasteiger partial charge in [-0.25, -0.2) is 9.97 Å². The zero-order chi connectivity index (χ0) is 28.0. The van der Waals surface area contributed by atoms with Gasteiger partial charge in [0, 0.05) is 51.5 Å². The van der Waals surface area contributed by atoms with E-state index in [1.54, 1.807) is 0 Å². The maximum Gasteiger partial charge on any atom is 0.145 e. The summed E-state index contributed by atoms with van der Waals surface area (Å²) in [6.45, 7) is 4.61. The average molecular weight is 543 g/mol. The number of rotatable bonds is 3. The SMILES string of the molecule is CC1(C)c2ccc(Oc3ccc4c5ccccc5n(-c5ccccn5)c4c3)cc2-n2c3ncccc3c3cccc1c32. The number of benzene rings is 4. The fourth-order valence-electron chi connectivity index (χ4n) is 6.95. The first-order valence-electron chi connectivity index (χ1n) is 14.3. The number of aromatic nitrogens is 4. The van der Waals surface area contributed by atoms with Gasteiger partial charge in [-0.2, -0.15) is 0 Å². The van der Waals surface area contributed by atoms with Crippen molar-refractivity contribution >= 4 is 43.7 Å². The molecule has 8 aromatic rings. The van der Waals surface area contributed by atoms with Crippen molar-refractivity contribution in [1.29, 1.82) is 0 Å². The molecule has 0 saturated carbocycles. The first-order valence-corrected chi connectivity index (χ1v) is 14.3. The van der Waals surface area contributed by atoms with Crippen molar-refractivity contribution in [3.05, 3.63) is 133 Å². The predicted molar refractivity (Wildman–Crippen MR) is 169 cm³/mol. The van der Waals surface area contributed by atoms with Gasteiger partial charge in [-0.3, -0.25) is 9.13 Å². The second-order valence-corrected chi connectivity index (χ2v) is 11.5. The van der Waals surface area contributed by atoms with Crippen LogP contribution in [0.2, 0.25) is 0 Å². The Hall–Kier alpha value is -5.42. The molecule has 0 saturated heterocycles. The van der Waals surface area contributed by atoms with E-state index >= 15 is 0 Å². The fraction of sp³-hybridized carbons (Fsp3) is 0.0811. The molecular weight excluding hydrogens is 516 g/mol. The normalized spacial score (nSPS) is 13.7. The van der Waals surface area contributed by atoms with Gasteiger partial charge in [-0.15, -0.1) is 0 Å². The third-order valence-corrected chi connectivity index (χ3v) is 8.86. The Morgan fingerprint density at radius 1 is 0.571 bits per heavy atom. The highest BCUT2D eigenvalue weighted by Gasteiger charge is 2.35. The molecule has 0 N–H and O–H groups in total. The van der Waals surface area contributed by atoms with Crippen LogP contribution in [0.25, 0.3) is 55.2 Å². The van der Waals surface area contributed by atoms with Crippen molar-refractivity contribution in [3.63, 3.8) is 0 Å². The molecule has 200 valence electrons. The molecule has 0 atom stereocenters. The number of hydrogen-bond donors (Lipinski definition) is 0. The monoisotopic (exact) mass is 542 g/mol. The predicted octanol–water partition coefficient (Wildman–Crippen LogP) is 9.10. The van der Waals surface area contributed by atoms with Crippen molar-refractivity contribution in [2.45, 2.75) is 19.3 Å². The van der Waals surface area contributed by atoms with E-state index in [2.05, 4.69) is 113 Å². The summed E-state index contributed by atoms with van der Waals surface area (Å²) in [7, 11) is 0. The summed E-state index contributed by atoms with van der Waals surface area (Å²) in [5.41, 5.74) is 7.88. The molecule has 1 aliphatic rings. The molecule has 0 spiro atoms. The minimum Gasteiger partial charge on any atom is -0.457 e. The lowest BCUT2D eigenvalue weighted by Crippen LogP contribution is -2.26. The third kappa shape index (κ3) is 3.08. The average Bonchev–Trinajstić information content (AvgIpc) is 3.53. The molecule has 4 aromatic carbocycles. The van der Waals surface area contributed by atoms with Crippen LogP contribution in [0.15, 0.2) is 122 Å². The molecule has 4 aromatic heterocycles. The molecule has 0 amide bonds. The van der Waals surface area contributed by atoms with E-state index in [1.165, 1.54) is 32.8 Å². The van der Waals surface area contributed by atoms with Crippen LogP contribution in [-0.4, -0.2) is 19.1 Å². The van der Waals surface area contributed by atoms with E-state index in [1.807, 2.05) is 36.7 Å². The largest absolute Gasteiger partial charge is 0.457 e. The molecule has 9 rings (SSSR count). The maximum atomic E-state index is 6.61. The van der Waals surface area contributed by atoms with Gasteiger partial charge in [-0.05, 0) is 59.7 Å². The lowest BCUT2D eigenvalue weighted by molar-refractivity contribution is 0.482. The molecule has 5 heterocycles. The molecule has 0 aliphatic carbocycles. The molecule has 42 heavy (non-hydrogen) atoms. The van der Waals surface area contributed by atoms with Crippen molar-refractivity contribution < 1.29 is 4.74 Å². The van der Waals surface area contributed by atoms with Crippen molar-refractivity contribution in [1.82, 2.24) is 19.1 Å². The first-order chi connectivity index (χ1) is 20.6. The number of fused-ring (bicyclic) bond motifs is 8. The molecule has 0 unspecified atom stereocenters. The zero-order valence-corrected chi connectivity index (χ0v) is 23.2. The van der Waals surface area contributed by atoms with Crippen LogP contribution in [0.5, 0.6) is 11.5 Å². The third-order valence-electron chi connectivity index (χ3n) is 8.86. The van der Waals surface area contributed by atoms with Crippen molar-refractivity contribution in [2.24, 2.45) is 0 Å². The summed E-state index contributed by atoms with van der Waals surface area (Å²) in [4.78, 5) is 9.50. The van der Waals surface area contributed by atoms with Crippen LogP contribution in [-0.2, 0) is 5.41 Å². The van der Waals surface area contributed by atoms with E-state index in [0.29, 0.717) is 0 Å². The van der Waals surface area contributed by atoms with E-state index in [0.717, 1.165) is 45.1 Å². The Kier molecular flexibility index (Phi) is 4.61. The lowest BCUT2D eigenvalue weighted by atomic mass is 9.74. The van der Waals surface area contributed by atoms with Gasteiger partial charge in [-0.1, -0.05) is 62.4 Å². The summed E-state index contributed by atoms with van der Waals surface area (Å²) < 4.78 is 11.1. The summed E-state index contributed by atoms with van der Waals surface area (Å²) in [6, 6.07) is 38.1. The van der Waals surface area contributed by atoms with Crippen LogP contribution in [0.4, 0.5) is 0 Å². The van der Waals surface area contributed by atoms with Gasteiger partial charge in [0.1, 0.15) is 23.0 Å². The quantitative estimate of drug-likeness (QED) is 0.224. The van der Waals surface area contributed by atoms with Crippen molar-refractivity contribution in [3.8, 4) is 23.0 Å². The molecule has 0 bridgehead atoms. The van der Waals surface area contributed by atoms with Gasteiger partial charge in [0.2, 0.25) is 0 Å². The van der Waals surface area contributed by atoms with E-state index < -0.39 is 0 Å². The standard InChI is InChI=1S/C37H26N4O/c1-37(2)29-18-16-24(22-33(29)41-35-27(10-7-12-30(35)37)28-11-8-20-39-36(28)41)42-23-15-17-26-25-9-3-4-13-31(25)40(32(26)21-23)34-14-5-6-19-38-34/h3-22H,1-2H3. The number of hydrogen-bond acceptors (Lipinski definition) is 3. The Morgan fingerprint density at radius 2 is 1.33 bits per heavy atom. The lowest BCUT2D eigenvalue weighted by Gasteiger charge is -2.34. The minimum atomic E-state index is -0.166. The second-order valence-electron chi connectivity index (χ2n) is 11.5. The fourth-order valence-corrected chi connectivity index (χ4v) is 6.95. The van der Waals surface area contributed by atoms with E-state index in [9.17, 15) is 0 Å². The van der Waals surface area contributed by atoms with Gasteiger partial charge in [0.05, 0.1) is 22.2 Å². The summed E-state index contributed by atoms with van der Waals surface area (Å²) in [5.74, 6) is 2.44. The smallest absolute Gasteiger partial charge is 0.145 e. The number of pyridine rings is 2. The van der Waals surface area contributed by atoms with Gasteiger partial charge in [0.25, 0.3) is 0 Å². The molecule has 5 nitrogen and oxygen atoms in total. The van der Waals surface area contributed by atoms with Crippen LogP contribution < -0.4 is 4.74 Å². The minimum absolute atomic E-state index is 0.166. The molecular formula is C37H26N4O. The highest BCUT2D eigenvalue weighted by atomic mass is 16.5. The van der Waals surface area contributed by atoms with Gasteiger partial charge >= 0.3 is 0 Å². The Morgan fingerprint density at radius 3 is 2.24 bits per heavy atom. The molecule has 1 aliphatic heterocycles. The summed E-state index contributed by atoms with van der Waals surface area (Å²) >= 11 is 0. The first kappa shape index (κ1) is 23.3. The Labute approximate surface area is 242 Å². The maximum absolute atomic E-state index is 6.61. The highest BCUT2D eigenvalue weighted by molar-refractivity contribution is 6.11. The number of nitrogens with zero attached hydrogens (tertiary/aromatic N) is 4. The van der Waals surface area contributed by atoms with Crippen LogP contribution in [0.3, 0.4) is 0 Å². The second kappa shape index (κ2) is 8.30. The van der Waals surface area contributed by atoms with Crippen molar-refractivity contribution in [2.75, 3.05) is 0 Å². The van der Waals surface area contributed by atoms with Crippen LogP contribution in [0.1, 0.15) is 25.0 Å². The van der Waals surface area contributed by atoms with E-state index in [4.69, 9.17) is 9.72 Å². The van der Waals surface area contributed by atoms with Gasteiger partial charge < -0.3 is 4.74 Å². The van der Waals surface area contributed by atoms with Crippen LogP contribution in [0, 0.1) is 0 Å². The summed E-state index contributed by atoms with van der Waals surface area (Å²) in [5, 5.41) is 4.75. The Bertz CT molecular complexity index is 2360. The molecule has 5 heteroatoms. The topological polar surface area (TPSA) is 44.9 Å². The number of ether oxygens (including phenoxy) is 1. The Balaban J connectivity index is 1.23. The highest BCUT2D eigenvalue weighted by Crippen LogP contribution is 2.48. The zero-order valence-electron chi connectivity index (χ0n) is 23.2. The van der Waals surface area contributed by atoms with Gasteiger partial charge in [0.15, 0.2) is 0 Å². The van der Waals surface area contributed by atoms with Crippen LogP contribution >= 0.6 is 0 Å². The summed E-state index contributed by atoms with van der Waals surface area (Å²) in [6.07, 6.45) is 3.71. The molecule has 0 radical (unpaired) electrons. The number of para-hydroxylation sites is 2. The van der Waals surface area contributed by atoms with E-state index in [-0.39, 0.29) is 5.41 Å². The molecule has 0 fully saturated rings.